The van der Waals surface area contributed by atoms with E-state index in [0.717, 1.165) is 16.9 Å². The lowest BCUT2D eigenvalue weighted by Gasteiger charge is -2.26. The number of fused-ring (bicyclic) bond motifs is 2. The van der Waals surface area contributed by atoms with Crippen molar-refractivity contribution in [2.45, 2.75) is 19.2 Å². The summed E-state index contributed by atoms with van der Waals surface area (Å²) in [5, 5.41) is 0.431. The smallest absolute Gasteiger partial charge is 0.291 e. The van der Waals surface area contributed by atoms with Gasteiger partial charge in [0.1, 0.15) is 17.9 Å². The molecule has 0 bridgehead atoms. The Morgan fingerprint density at radius 3 is 2.27 bits per heavy atom. The third kappa shape index (κ3) is 4.56. The van der Waals surface area contributed by atoms with Gasteiger partial charge in [0.2, 0.25) is 5.76 Å². The van der Waals surface area contributed by atoms with Crippen molar-refractivity contribution in [3.05, 3.63) is 135 Å². The minimum Gasteiger partial charge on any atom is -0.497 e. The van der Waals surface area contributed by atoms with E-state index in [0.29, 0.717) is 40.2 Å². The number of hydrogen-bond acceptors (Lipinski definition) is 6. The van der Waals surface area contributed by atoms with E-state index in [4.69, 9.17) is 18.6 Å². The maximum Gasteiger partial charge on any atom is 0.291 e. The normalized spacial score (nSPS) is 14.3. The molecule has 1 unspecified atom stereocenters. The Balaban J connectivity index is 1.43. The molecule has 7 heteroatoms. The Bertz CT molecular complexity index is 1740. The highest BCUT2D eigenvalue weighted by Crippen LogP contribution is 2.42. The van der Waals surface area contributed by atoms with Crippen molar-refractivity contribution in [2.75, 3.05) is 14.2 Å². The number of nitrogens with zero attached hydrogens (tertiary/aromatic N) is 1. The van der Waals surface area contributed by atoms with Crippen LogP contribution in [0.4, 0.5) is 0 Å². The van der Waals surface area contributed by atoms with Gasteiger partial charge in [-0.05, 0) is 53.1 Å². The Labute approximate surface area is 231 Å². The molecule has 6 rings (SSSR count). The van der Waals surface area contributed by atoms with Gasteiger partial charge in [-0.25, -0.2) is 0 Å². The molecule has 1 atom stereocenters. The van der Waals surface area contributed by atoms with E-state index < -0.39 is 6.04 Å². The van der Waals surface area contributed by atoms with Crippen molar-refractivity contribution in [1.82, 2.24) is 4.90 Å². The van der Waals surface area contributed by atoms with E-state index in [-0.39, 0.29) is 23.6 Å². The van der Waals surface area contributed by atoms with Crippen molar-refractivity contribution >= 4 is 16.9 Å². The fourth-order valence-corrected chi connectivity index (χ4v) is 5.11. The maximum absolute atomic E-state index is 13.8. The topological polar surface area (TPSA) is 78.2 Å². The summed E-state index contributed by atoms with van der Waals surface area (Å²) in [4.78, 5) is 29.3. The first-order chi connectivity index (χ1) is 19.6. The van der Waals surface area contributed by atoms with Gasteiger partial charge in [0.25, 0.3) is 5.91 Å². The van der Waals surface area contributed by atoms with Crippen LogP contribution in [0.1, 0.15) is 38.9 Å². The minimum absolute atomic E-state index is 0.0607. The van der Waals surface area contributed by atoms with Crippen molar-refractivity contribution in [2.24, 2.45) is 0 Å². The largest absolute Gasteiger partial charge is 0.497 e. The third-order valence-corrected chi connectivity index (χ3v) is 7.13. The Kier molecular flexibility index (Phi) is 6.70. The molecule has 0 fully saturated rings. The number of carbonyl (C=O) groups is 1. The Hall–Kier alpha value is -5.04. The Morgan fingerprint density at radius 1 is 0.775 bits per heavy atom. The van der Waals surface area contributed by atoms with Crippen molar-refractivity contribution in [1.29, 1.82) is 0 Å². The Morgan fingerprint density at radius 2 is 1.52 bits per heavy atom. The monoisotopic (exact) mass is 533 g/mol. The van der Waals surface area contributed by atoms with Crippen LogP contribution in [0.15, 0.2) is 106 Å². The van der Waals surface area contributed by atoms with Gasteiger partial charge in [-0.15, -0.1) is 0 Å². The van der Waals surface area contributed by atoms with Crippen LogP contribution >= 0.6 is 0 Å². The number of rotatable bonds is 8. The molecule has 40 heavy (non-hydrogen) atoms. The van der Waals surface area contributed by atoms with Crippen LogP contribution in [0.3, 0.4) is 0 Å². The first-order valence-corrected chi connectivity index (χ1v) is 12.9. The van der Waals surface area contributed by atoms with Crippen molar-refractivity contribution < 1.29 is 23.4 Å². The highest BCUT2D eigenvalue weighted by Gasteiger charge is 2.43. The summed E-state index contributed by atoms with van der Waals surface area (Å²) in [6.07, 6.45) is 0. The molecule has 0 saturated carbocycles. The summed E-state index contributed by atoms with van der Waals surface area (Å²) < 4.78 is 23.1. The summed E-state index contributed by atoms with van der Waals surface area (Å²) in [5.41, 5.74) is 3.10. The quantitative estimate of drug-likeness (QED) is 0.239. The number of carbonyl (C=O) groups excluding carboxylic acids is 1. The van der Waals surface area contributed by atoms with E-state index in [1.807, 2.05) is 72.8 Å². The summed E-state index contributed by atoms with van der Waals surface area (Å²) in [6, 6.07) is 29.2. The van der Waals surface area contributed by atoms with E-state index in [1.54, 1.807) is 43.4 Å². The number of hydrogen-bond donors (Lipinski definition) is 0. The number of benzene rings is 4. The molecule has 1 aliphatic heterocycles. The van der Waals surface area contributed by atoms with Gasteiger partial charge in [-0.2, -0.15) is 0 Å². The molecule has 1 amide bonds. The lowest BCUT2D eigenvalue weighted by molar-refractivity contribution is 0.0714. The van der Waals surface area contributed by atoms with E-state index in [9.17, 15) is 9.59 Å². The zero-order chi connectivity index (χ0) is 27.6. The summed E-state index contributed by atoms with van der Waals surface area (Å²) in [7, 11) is 3.17. The molecule has 0 radical (unpaired) electrons. The molecule has 0 spiro atoms. The molecule has 0 aliphatic carbocycles. The predicted octanol–water partition coefficient (Wildman–Crippen LogP) is 6.13. The van der Waals surface area contributed by atoms with Gasteiger partial charge < -0.3 is 23.5 Å². The van der Waals surface area contributed by atoms with Crippen LogP contribution in [-0.4, -0.2) is 25.0 Å². The lowest BCUT2D eigenvalue weighted by Crippen LogP contribution is -2.29. The average Bonchev–Trinajstić information content (AvgIpc) is 3.28. The molecule has 1 aromatic heterocycles. The fraction of sp³-hybridized carbons (Fsp3) is 0.152. The molecule has 2 heterocycles. The van der Waals surface area contributed by atoms with Crippen molar-refractivity contribution in [3.63, 3.8) is 0 Å². The average molecular weight is 534 g/mol. The highest BCUT2D eigenvalue weighted by molar-refractivity contribution is 5.99. The maximum atomic E-state index is 13.8. The number of methoxy groups -OCH3 is 2. The molecule has 5 aromatic rings. The van der Waals surface area contributed by atoms with Crippen LogP contribution in [0.2, 0.25) is 0 Å². The minimum atomic E-state index is -0.678. The fourth-order valence-electron chi connectivity index (χ4n) is 5.11. The SMILES string of the molecule is COc1ccc(CN2C(=O)c3oc4ccccc4c(=O)c3C2c2ccc(OCc3ccccc3)c(OC)c2)cc1. The van der Waals surface area contributed by atoms with Crippen LogP contribution in [-0.2, 0) is 13.2 Å². The second-order valence-corrected chi connectivity index (χ2v) is 9.54. The predicted molar refractivity (Wildman–Crippen MR) is 151 cm³/mol. The molecule has 200 valence electrons. The zero-order valence-corrected chi connectivity index (χ0v) is 22.1. The molecular weight excluding hydrogens is 506 g/mol. The van der Waals surface area contributed by atoms with Crippen molar-refractivity contribution in [3.8, 4) is 17.2 Å². The van der Waals surface area contributed by atoms with E-state index in [1.165, 1.54) is 0 Å². The number of ether oxygens (including phenoxy) is 3. The molecular formula is C33H27NO6. The first kappa shape index (κ1) is 25.2. The molecule has 1 aliphatic rings. The van der Waals surface area contributed by atoms with Gasteiger partial charge >= 0.3 is 0 Å². The molecule has 0 saturated heterocycles. The van der Waals surface area contributed by atoms with Gasteiger partial charge in [0.05, 0.1) is 31.2 Å². The van der Waals surface area contributed by atoms with Gasteiger partial charge in [0.15, 0.2) is 16.9 Å². The van der Waals surface area contributed by atoms with E-state index >= 15 is 0 Å². The van der Waals surface area contributed by atoms with Gasteiger partial charge in [0, 0.05) is 6.54 Å². The summed E-state index contributed by atoms with van der Waals surface area (Å²) >= 11 is 0. The van der Waals surface area contributed by atoms with Crippen LogP contribution < -0.4 is 19.6 Å². The second kappa shape index (κ2) is 10.6. The van der Waals surface area contributed by atoms with Gasteiger partial charge in [-0.3, -0.25) is 9.59 Å². The van der Waals surface area contributed by atoms with E-state index in [2.05, 4.69) is 0 Å². The van der Waals surface area contributed by atoms with Crippen LogP contribution in [0.25, 0.3) is 11.0 Å². The number of amides is 1. The molecule has 4 aromatic carbocycles. The van der Waals surface area contributed by atoms with Crippen LogP contribution in [0.5, 0.6) is 17.2 Å². The first-order valence-electron chi connectivity index (χ1n) is 12.9. The van der Waals surface area contributed by atoms with Gasteiger partial charge in [-0.1, -0.05) is 60.7 Å². The summed E-state index contributed by atoms with van der Waals surface area (Å²) in [5.74, 6) is 1.50. The molecule has 7 nitrogen and oxygen atoms in total. The number of para-hydroxylation sites is 1. The zero-order valence-electron chi connectivity index (χ0n) is 22.1. The highest BCUT2D eigenvalue weighted by atomic mass is 16.5. The summed E-state index contributed by atoms with van der Waals surface area (Å²) in [6.45, 7) is 0.641. The lowest BCUT2D eigenvalue weighted by atomic mass is 9.97. The molecule has 0 N–H and O–H groups in total. The van der Waals surface area contributed by atoms with Crippen LogP contribution in [0, 0.1) is 0 Å². The second-order valence-electron chi connectivity index (χ2n) is 9.54. The third-order valence-electron chi connectivity index (χ3n) is 7.13. The standard InChI is InChI=1S/C33H27NO6/c1-37-24-15-12-21(13-16-24)19-34-30(29-31(35)25-10-6-7-11-26(25)40-32(29)33(34)36)23-14-17-27(28(18-23)38-2)39-20-22-8-4-3-5-9-22/h3-18,30H,19-20H2,1-2H3.